The Balaban J connectivity index is 1.70. The van der Waals surface area contributed by atoms with E-state index >= 15 is 0 Å². The molecule has 3 fully saturated rings. The third kappa shape index (κ3) is 7.97. The van der Waals surface area contributed by atoms with Crippen molar-refractivity contribution in [2.24, 2.45) is 28.6 Å². The lowest BCUT2D eigenvalue weighted by Gasteiger charge is -2.44. The number of carbonyl (C=O) groups excluding carboxylic acids is 1. The molecular formula is C33H55NO3. The standard InChI is InChI=1S/C33H55NO3/c1-22(12-10-18-31(3,4)5)27-16-17-28-24(13-11-19-33(27,28)9)14-15-25-20-26(35)21-29(23(25)2)34-30(36)37-32(6,7)8/h14-15,22,26-29,35H,2,10-13,16-21H2,1,3-9H3,(H,34,36)/b24-14+,25-15-/t22-,26-,27-,28+,29+,33-/m1/s1. The van der Waals surface area contributed by atoms with E-state index in [4.69, 9.17) is 4.74 Å². The summed E-state index contributed by atoms with van der Waals surface area (Å²) >= 11 is 0. The van der Waals surface area contributed by atoms with Gasteiger partial charge < -0.3 is 15.2 Å². The Kier molecular flexibility index (Phi) is 9.47. The molecule has 0 aromatic heterocycles. The molecule has 37 heavy (non-hydrogen) atoms. The summed E-state index contributed by atoms with van der Waals surface area (Å²) in [6, 6.07) is -0.301. The van der Waals surface area contributed by atoms with E-state index in [-0.39, 0.29) is 6.04 Å². The van der Waals surface area contributed by atoms with Crippen molar-refractivity contribution < 1.29 is 14.6 Å². The quantitative estimate of drug-likeness (QED) is 0.374. The number of amides is 1. The third-order valence-corrected chi connectivity index (χ3v) is 9.30. The molecule has 3 rings (SSSR count). The molecule has 0 saturated heterocycles. The fourth-order valence-electron chi connectivity index (χ4n) is 7.45. The molecule has 4 heteroatoms. The van der Waals surface area contributed by atoms with Gasteiger partial charge in [0, 0.05) is 0 Å². The second-order valence-electron chi connectivity index (χ2n) is 14.8. The summed E-state index contributed by atoms with van der Waals surface area (Å²) in [4.78, 5) is 12.4. The minimum atomic E-state index is -0.557. The summed E-state index contributed by atoms with van der Waals surface area (Å²) in [5.74, 6) is 2.25. The van der Waals surface area contributed by atoms with Crippen molar-refractivity contribution in [3.05, 3.63) is 35.5 Å². The van der Waals surface area contributed by atoms with Crippen LogP contribution in [0.2, 0.25) is 0 Å². The zero-order valence-electron chi connectivity index (χ0n) is 25.1. The minimum absolute atomic E-state index is 0.301. The van der Waals surface area contributed by atoms with E-state index in [1.165, 1.54) is 51.4 Å². The van der Waals surface area contributed by atoms with Crippen molar-refractivity contribution in [2.75, 3.05) is 0 Å². The molecule has 1 amide bonds. The van der Waals surface area contributed by atoms with Crippen LogP contribution in [0.25, 0.3) is 0 Å². The van der Waals surface area contributed by atoms with Crippen LogP contribution in [0.4, 0.5) is 4.79 Å². The highest BCUT2D eigenvalue weighted by atomic mass is 16.6. The van der Waals surface area contributed by atoms with Crippen molar-refractivity contribution >= 4 is 6.09 Å². The van der Waals surface area contributed by atoms with Crippen molar-refractivity contribution in [3.8, 4) is 0 Å². The molecule has 3 aliphatic rings. The number of hydrogen-bond acceptors (Lipinski definition) is 3. The van der Waals surface area contributed by atoms with Gasteiger partial charge >= 0.3 is 6.09 Å². The van der Waals surface area contributed by atoms with Crippen molar-refractivity contribution in [2.45, 2.75) is 137 Å². The average molecular weight is 514 g/mol. The van der Waals surface area contributed by atoms with Crippen LogP contribution >= 0.6 is 0 Å². The number of ether oxygens (including phenoxy) is 1. The maximum Gasteiger partial charge on any atom is 0.408 e. The molecule has 0 spiro atoms. The van der Waals surface area contributed by atoms with Crippen LogP contribution in [0.1, 0.15) is 120 Å². The Bertz CT molecular complexity index is 886. The lowest BCUT2D eigenvalue weighted by molar-refractivity contribution is 0.0489. The van der Waals surface area contributed by atoms with Gasteiger partial charge in [-0.25, -0.2) is 4.79 Å². The molecule has 210 valence electrons. The number of alkyl carbamates (subject to hydrolysis) is 1. The number of hydrogen-bond donors (Lipinski definition) is 2. The van der Waals surface area contributed by atoms with Gasteiger partial charge in [0.2, 0.25) is 0 Å². The summed E-state index contributed by atoms with van der Waals surface area (Å²) in [7, 11) is 0. The van der Waals surface area contributed by atoms with E-state index in [2.05, 4.69) is 58.7 Å². The Morgan fingerprint density at radius 1 is 1.22 bits per heavy atom. The molecule has 0 heterocycles. The van der Waals surface area contributed by atoms with Gasteiger partial charge in [-0.1, -0.05) is 71.8 Å². The topological polar surface area (TPSA) is 58.6 Å². The second-order valence-corrected chi connectivity index (χ2v) is 14.8. The van der Waals surface area contributed by atoms with E-state index in [0.29, 0.717) is 29.6 Å². The number of rotatable bonds is 6. The number of aliphatic hydroxyl groups is 1. The molecule has 0 aliphatic heterocycles. The van der Waals surface area contributed by atoms with Gasteiger partial charge in [0.25, 0.3) is 0 Å². The Hall–Kier alpha value is -1.55. The normalized spacial score (nSPS) is 33.9. The summed E-state index contributed by atoms with van der Waals surface area (Å²) < 4.78 is 5.44. The lowest BCUT2D eigenvalue weighted by atomic mass is 9.60. The summed E-state index contributed by atoms with van der Waals surface area (Å²) in [5, 5.41) is 13.5. The summed E-state index contributed by atoms with van der Waals surface area (Å²) in [5.41, 5.74) is 3.78. The summed E-state index contributed by atoms with van der Waals surface area (Å²) in [6.45, 7) is 22.0. The zero-order chi connectivity index (χ0) is 27.6. The van der Waals surface area contributed by atoms with Crippen molar-refractivity contribution in [1.29, 1.82) is 0 Å². The molecule has 0 bridgehead atoms. The number of nitrogens with one attached hydrogen (secondary N) is 1. The van der Waals surface area contributed by atoms with E-state index in [0.717, 1.165) is 23.0 Å². The number of allylic oxidation sites excluding steroid dienone is 3. The minimum Gasteiger partial charge on any atom is -0.444 e. The molecule has 0 aromatic rings. The highest BCUT2D eigenvalue weighted by Crippen LogP contribution is 2.60. The number of fused-ring (bicyclic) bond motifs is 1. The first-order valence-electron chi connectivity index (χ1n) is 14.9. The second kappa shape index (κ2) is 11.7. The Labute approximate surface area is 227 Å². The molecule has 6 atom stereocenters. The van der Waals surface area contributed by atoms with Gasteiger partial charge in [-0.2, -0.15) is 0 Å². The van der Waals surface area contributed by atoms with Crippen LogP contribution in [-0.2, 0) is 4.74 Å². The van der Waals surface area contributed by atoms with Crippen LogP contribution in [0.5, 0.6) is 0 Å². The van der Waals surface area contributed by atoms with Gasteiger partial charge in [0.05, 0.1) is 12.1 Å². The van der Waals surface area contributed by atoms with Crippen LogP contribution in [0.3, 0.4) is 0 Å². The smallest absolute Gasteiger partial charge is 0.408 e. The fraction of sp³-hybridized carbons (Fsp3) is 0.788. The van der Waals surface area contributed by atoms with Crippen LogP contribution in [0.15, 0.2) is 35.5 Å². The van der Waals surface area contributed by atoms with Gasteiger partial charge in [0.15, 0.2) is 0 Å². The van der Waals surface area contributed by atoms with Crippen LogP contribution < -0.4 is 5.32 Å². The van der Waals surface area contributed by atoms with Gasteiger partial charge in [-0.3, -0.25) is 0 Å². The van der Waals surface area contributed by atoms with E-state index < -0.39 is 17.8 Å². The molecular weight excluding hydrogens is 458 g/mol. The molecule has 2 N–H and O–H groups in total. The van der Waals surface area contributed by atoms with Crippen LogP contribution in [0, 0.1) is 28.6 Å². The van der Waals surface area contributed by atoms with Crippen molar-refractivity contribution in [1.82, 2.24) is 5.32 Å². The molecule has 0 aromatic carbocycles. The fourth-order valence-corrected chi connectivity index (χ4v) is 7.45. The maximum absolute atomic E-state index is 12.4. The van der Waals surface area contributed by atoms with Gasteiger partial charge in [-0.05, 0) is 112 Å². The molecule has 4 nitrogen and oxygen atoms in total. The largest absolute Gasteiger partial charge is 0.444 e. The SMILES string of the molecule is C=C1/C(=C\C=C2/CCC[C@]3(C)[C@@H]([C@H](C)CCCC(C)(C)C)CC[C@@H]23)C[C@@H](O)C[C@@H]1NC(=O)OC(C)(C)C. The van der Waals surface area contributed by atoms with E-state index in [9.17, 15) is 9.90 Å². The average Bonchev–Trinajstić information content (AvgIpc) is 3.10. The Morgan fingerprint density at radius 2 is 1.92 bits per heavy atom. The van der Waals surface area contributed by atoms with Crippen molar-refractivity contribution in [3.63, 3.8) is 0 Å². The molecule has 3 aliphatic carbocycles. The lowest BCUT2D eigenvalue weighted by Crippen LogP contribution is -2.44. The molecule has 0 radical (unpaired) electrons. The van der Waals surface area contributed by atoms with Crippen LogP contribution in [-0.4, -0.2) is 28.9 Å². The number of carbonyl (C=O) groups is 1. The highest BCUT2D eigenvalue weighted by molar-refractivity contribution is 5.69. The van der Waals surface area contributed by atoms with E-state index in [1.54, 1.807) is 5.57 Å². The first kappa shape index (κ1) is 30.0. The first-order valence-corrected chi connectivity index (χ1v) is 14.9. The predicted molar refractivity (Wildman–Crippen MR) is 154 cm³/mol. The van der Waals surface area contributed by atoms with E-state index in [1.807, 2.05) is 20.8 Å². The zero-order valence-corrected chi connectivity index (χ0v) is 25.1. The Morgan fingerprint density at radius 3 is 2.57 bits per heavy atom. The van der Waals surface area contributed by atoms with Gasteiger partial charge in [0.1, 0.15) is 5.60 Å². The van der Waals surface area contributed by atoms with Gasteiger partial charge in [-0.15, -0.1) is 0 Å². The third-order valence-electron chi connectivity index (χ3n) is 9.30. The monoisotopic (exact) mass is 513 g/mol. The first-order chi connectivity index (χ1) is 17.1. The highest BCUT2D eigenvalue weighted by Gasteiger charge is 2.50. The molecule has 0 unspecified atom stereocenters. The number of aliphatic hydroxyl groups excluding tert-OH is 1. The maximum atomic E-state index is 12.4. The predicted octanol–water partition coefficient (Wildman–Crippen LogP) is 8.51. The molecule has 3 saturated carbocycles. The summed E-state index contributed by atoms with van der Waals surface area (Å²) in [6.07, 6.45) is 15.1.